The van der Waals surface area contributed by atoms with Crippen molar-refractivity contribution in [3.05, 3.63) is 100 Å². The van der Waals surface area contributed by atoms with Gasteiger partial charge in [-0.3, -0.25) is 14.5 Å². The molecule has 7 nitrogen and oxygen atoms in total. The number of pyridine rings is 1. The van der Waals surface area contributed by atoms with Crippen molar-refractivity contribution in [3.8, 4) is 11.1 Å². The van der Waals surface area contributed by atoms with Gasteiger partial charge in [0.05, 0.1) is 17.4 Å². The number of hydrogen-bond acceptors (Lipinski definition) is 5. The van der Waals surface area contributed by atoms with Crippen LogP contribution in [-0.2, 0) is 30.1 Å². The van der Waals surface area contributed by atoms with Crippen molar-refractivity contribution < 1.29 is 31.1 Å². The molecule has 1 fully saturated rings. The first-order chi connectivity index (χ1) is 20.6. The summed E-state index contributed by atoms with van der Waals surface area (Å²) >= 11 is 0. The summed E-state index contributed by atoms with van der Waals surface area (Å²) in [5, 5.41) is 6.43. The van der Waals surface area contributed by atoms with E-state index in [1.54, 1.807) is 6.20 Å². The molecule has 3 heterocycles. The Bertz CT molecular complexity index is 1780. The fourth-order valence-corrected chi connectivity index (χ4v) is 6.24. The van der Waals surface area contributed by atoms with Crippen LogP contribution < -0.4 is 5.32 Å². The highest BCUT2D eigenvalue weighted by Gasteiger charge is 2.67. The summed E-state index contributed by atoms with van der Waals surface area (Å²) < 4.78 is 86.4. The standard InChI is InChI=1S/C30H22F6N6O/c31-17-4-14(5-18(32)8-17)6-23(26-20(11-37-13-39-26)16-7-15-2-1-3-22(15)38-10-16)40-24(43)12-42-28-25(27(41-42)29(33)34)19-9-21(19)30(28,35)36/h1-2,4-5,7-8,10-11,13,19,21,23,29H,3,6,9,12H2,(H,40,43)/t19?,21?,23-/m0/s1. The van der Waals surface area contributed by atoms with Crippen molar-refractivity contribution in [2.45, 2.75) is 50.1 Å². The monoisotopic (exact) mass is 596 g/mol. The molecule has 4 aromatic rings. The molecule has 3 aliphatic carbocycles. The van der Waals surface area contributed by atoms with E-state index in [-0.39, 0.29) is 29.7 Å². The highest BCUT2D eigenvalue weighted by molar-refractivity contribution is 5.77. The molecule has 7 rings (SSSR count). The molecular weight excluding hydrogens is 574 g/mol. The van der Waals surface area contributed by atoms with E-state index in [2.05, 4.69) is 25.4 Å². The van der Waals surface area contributed by atoms with Crippen LogP contribution in [0.2, 0.25) is 0 Å². The number of allylic oxidation sites excluding steroid dienone is 1. The summed E-state index contributed by atoms with van der Waals surface area (Å²) in [5.41, 5.74) is 1.76. The summed E-state index contributed by atoms with van der Waals surface area (Å²) in [4.78, 5) is 26.4. The van der Waals surface area contributed by atoms with Gasteiger partial charge in [-0.15, -0.1) is 0 Å². The average molecular weight is 597 g/mol. The number of nitrogens with zero attached hydrogens (tertiary/aromatic N) is 5. The second-order valence-electron chi connectivity index (χ2n) is 11.0. The Kier molecular flexibility index (Phi) is 6.36. The number of benzene rings is 1. The molecule has 3 aromatic heterocycles. The zero-order valence-corrected chi connectivity index (χ0v) is 22.2. The number of fused-ring (bicyclic) bond motifs is 4. The second kappa shape index (κ2) is 10.0. The first-order valence-electron chi connectivity index (χ1n) is 13.6. The molecule has 0 saturated heterocycles. The maximum Gasteiger partial charge on any atom is 0.293 e. The van der Waals surface area contributed by atoms with Crippen molar-refractivity contribution in [2.24, 2.45) is 5.92 Å². The molecule has 0 bridgehead atoms. The van der Waals surface area contributed by atoms with E-state index in [9.17, 15) is 22.4 Å². The van der Waals surface area contributed by atoms with E-state index in [1.807, 2.05) is 18.2 Å². The molecular formula is C30H22F6N6O. The Morgan fingerprint density at radius 3 is 2.63 bits per heavy atom. The topological polar surface area (TPSA) is 85.6 Å². The minimum absolute atomic E-state index is 0.0910. The number of aromatic nitrogens is 5. The molecule has 0 spiro atoms. The highest BCUT2D eigenvalue weighted by atomic mass is 19.3. The van der Waals surface area contributed by atoms with E-state index in [0.717, 1.165) is 23.4 Å². The Hall–Kier alpha value is -4.55. The van der Waals surface area contributed by atoms with E-state index < -0.39 is 65.7 Å². The number of hydrogen-bond donors (Lipinski definition) is 1. The lowest BCUT2D eigenvalue weighted by Gasteiger charge is -2.22. The predicted molar refractivity (Wildman–Crippen MR) is 141 cm³/mol. The number of carbonyl (C=O) groups excluding carboxylic acids is 1. The molecule has 1 amide bonds. The highest BCUT2D eigenvalue weighted by Crippen LogP contribution is 2.68. The van der Waals surface area contributed by atoms with Crippen LogP contribution in [-0.4, -0.2) is 30.6 Å². The van der Waals surface area contributed by atoms with Gasteiger partial charge in [-0.2, -0.15) is 13.9 Å². The Morgan fingerprint density at radius 2 is 1.86 bits per heavy atom. The molecule has 13 heteroatoms. The largest absolute Gasteiger partial charge is 0.346 e. The molecule has 0 radical (unpaired) electrons. The zero-order chi connectivity index (χ0) is 30.0. The van der Waals surface area contributed by atoms with E-state index in [1.165, 1.54) is 12.5 Å². The maximum absolute atomic E-state index is 15.0. The van der Waals surface area contributed by atoms with E-state index in [0.29, 0.717) is 28.3 Å². The molecule has 3 aliphatic rings. The van der Waals surface area contributed by atoms with E-state index in [4.69, 9.17) is 0 Å². The quantitative estimate of drug-likeness (QED) is 0.259. The Labute approximate surface area is 240 Å². The van der Waals surface area contributed by atoms with Crippen LogP contribution in [0.1, 0.15) is 64.3 Å². The molecule has 1 saturated carbocycles. The van der Waals surface area contributed by atoms with Gasteiger partial charge in [0.25, 0.3) is 12.3 Å². The summed E-state index contributed by atoms with van der Waals surface area (Å²) in [6.07, 6.45) is 5.82. The van der Waals surface area contributed by atoms with Crippen LogP contribution in [0.5, 0.6) is 0 Å². The second-order valence-corrected chi connectivity index (χ2v) is 11.0. The van der Waals surface area contributed by atoms with Gasteiger partial charge in [0.1, 0.15) is 35.9 Å². The molecule has 2 unspecified atom stereocenters. The summed E-state index contributed by atoms with van der Waals surface area (Å²) in [5.74, 6) is -7.67. The van der Waals surface area contributed by atoms with Gasteiger partial charge in [-0.1, -0.05) is 12.2 Å². The Balaban J connectivity index is 1.24. The van der Waals surface area contributed by atoms with Crippen LogP contribution in [0.3, 0.4) is 0 Å². The number of alkyl halides is 4. The number of carbonyl (C=O) groups is 1. The number of amides is 1. The lowest BCUT2D eigenvalue weighted by molar-refractivity contribution is -0.123. The van der Waals surface area contributed by atoms with Gasteiger partial charge < -0.3 is 5.32 Å². The van der Waals surface area contributed by atoms with Gasteiger partial charge in [0, 0.05) is 47.5 Å². The lowest BCUT2D eigenvalue weighted by atomic mass is 9.96. The Morgan fingerprint density at radius 1 is 1.07 bits per heavy atom. The van der Waals surface area contributed by atoms with Gasteiger partial charge in [-0.05, 0) is 48.1 Å². The molecule has 1 N–H and O–H groups in total. The van der Waals surface area contributed by atoms with Crippen LogP contribution in [0, 0.1) is 17.6 Å². The van der Waals surface area contributed by atoms with Crippen molar-refractivity contribution in [1.29, 1.82) is 0 Å². The van der Waals surface area contributed by atoms with Crippen LogP contribution in [0.15, 0.2) is 49.1 Å². The van der Waals surface area contributed by atoms with Gasteiger partial charge in [0.2, 0.25) is 5.91 Å². The zero-order valence-electron chi connectivity index (χ0n) is 22.2. The SMILES string of the molecule is O=C(Cn1nc(C(F)F)c2c1C(F)(F)C1CC21)N[C@@H](Cc1cc(F)cc(F)c1)c1ncncc1-c1cnc2c(c1)C=CC2. The molecule has 43 heavy (non-hydrogen) atoms. The first-order valence-corrected chi connectivity index (χ1v) is 13.6. The van der Waals surface area contributed by atoms with Crippen LogP contribution in [0.25, 0.3) is 17.2 Å². The van der Waals surface area contributed by atoms with Crippen LogP contribution >= 0.6 is 0 Å². The molecule has 220 valence electrons. The third-order valence-corrected chi connectivity index (χ3v) is 8.15. The smallest absolute Gasteiger partial charge is 0.293 e. The van der Waals surface area contributed by atoms with Gasteiger partial charge >= 0.3 is 0 Å². The van der Waals surface area contributed by atoms with Crippen molar-refractivity contribution in [1.82, 2.24) is 30.0 Å². The summed E-state index contributed by atoms with van der Waals surface area (Å²) in [6.45, 7) is -0.774. The fraction of sp³-hybridized carbons (Fsp3) is 0.300. The fourth-order valence-electron chi connectivity index (χ4n) is 6.24. The van der Waals surface area contributed by atoms with Crippen molar-refractivity contribution in [3.63, 3.8) is 0 Å². The maximum atomic E-state index is 15.0. The van der Waals surface area contributed by atoms with Gasteiger partial charge in [-0.25, -0.2) is 27.5 Å². The van der Waals surface area contributed by atoms with E-state index >= 15 is 8.78 Å². The summed E-state index contributed by atoms with van der Waals surface area (Å²) in [7, 11) is 0. The van der Waals surface area contributed by atoms with Crippen molar-refractivity contribution >= 4 is 12.0 Å². The predicted octanol–water partition coefficient (Wildman–Crippen LogP) is 5.83. The van der Waals surface area contributed by atoms with Gasteiger partial charge in [0.15, 0.2) is 0 Å². The third-order valence-electron chi connectivity index (χ3n) is 8.15. The molecule has 1 aromatic carbocycles. The molecule has 3 atom stereocenters. The number of rotatable bonds is 8. The average Bonchev–Trinajstić information content (AvgIpc) is 3.36. The minimum Gasteiger partial charge on any atom is -0.346 e. The minimum atomic E-state index is -3.40. The first kappa shape index (κ1) is 27.3. The number of nitrogens with one attached hydrogen (secondary N) is 1. The molecule has 0 aliphatic heterocycles. The third kappa shape index (κ3) is 4.76. The normalized spacial score (nSPS) is 19.7. The number of halogens is 6. The lowest BCUT2D eigenvalue weighted by Crippen LogP contribution is -2.35. The van der Waals surface area contributed by atoms with Crippen molar-refractivity contribution in [2.75, 3.05) is 0 Å². The van der Waals surface area contributed by atoms with Crippen LogP contribution in [0.4, 0.5) is 26.3 Å². The summed E-state index contributed by atoms with van der Waals surface area (Å²) in [6, 6.07) is 3.77.